The summed E-state index contributed by atoms with van der Waals surface area (Å²) in [6.07, 6.45) is -2.77. The molecule has 0 aromatic carbocycles. The van der Waals surface area contributed by atoms with Crippen LogP contribution < -0.4 is 32.7 Å². The van der Waals surface area contributed by atoms with Crippen LogP contribution in [0.25, 0.3) is 0 Å². The SMILES string of the molecule is Nc1nc(=O)n([C@@H]2O[C@H](COP(=O)(O)O)C(OP(=O)(O)O)[C@@H]2O)cc1CCCNC(=O)CCC(=O)OCCOCCOCCOCCNC(=O)CCCC[C@@H]1SC[C@@H]2NC(=O)N[C@@H]21. The lowest BCUT2D eigenvalue weighted by Gasteiger charge is -2.21. The number of aliphatic hydroxyl groups excluding tert-OH is 1. The molecule has 1 aromatic heterocycles. The van der Waals surface area contributed by atoms with Gasteiger partial charge < -0.3 is 75.4 Å². The van der Waals surface area contributed by atoms with E-state index in [1.54, 1.807) is 0 Å². The molecule has 4 rings (SSSR count). The molecule has 29 heteroatoms. The van der Waals surface area contributed by atoms with E-state index in [-0.39, 0.29) is 87.5 Å². The number of phosphoric ester groups is 2. The average Bonchev–Trinajstić information content (AvgIpc) is 3.86. The maximum absolute atomic E-state index is 12.6. The van der Waals surface area contributed by atoms with Crippen LogP contribution in [0.3, 0.4) is 0 Å². The number of nitrogens with zero attached hydrogens (tertiary/aromatic N) is 2. The number of amides is 4. The molecule has 4 heterocycles. The number of aryl methyl sites for hydroxylation is 1. The molecule has 3 fully saturated rings. The number of urea groups is 1. The molecule has 3 aliphatic rings. The molecule has 0 saturated carbocycles. The fraction of sp³-hybridized carbons (Fsp3) is 0.765. The van der Waals surface area contributed by atoms with Crippen LogP contribution >= 0.6 is 27.4 Å². The van der Waals surface area contributed by atoms with Crippen molar-refractivity contribution < 1.29 is 85.7 Å². The number of hydrogen-bond donors (Lipinski definition) is 10. The van der Waals surface area contributed by atoms with E-state index in [0.29, 0.717) is 44.6 Å². The molecular weight excluding hydrogens is 904 g/mol. The van der Waals surface area contributed by atoms with Crippen molar-refractivity contribution in [2.45, 2.75) is 93.2 Å². The monoisotopic (exact) mass is 961 g/mol. The molecule has 1 unspecified atom stereocenters. The first-order chi connectivity index (χ1) is 29.9. The molecule has 0 radical (unpaired) electrons. The Morgan fingerprint density at radius 2 is 1.56 bits per heavy atom. The van der Waals surface area contributed by atoms with Gasteiger partial charge in [-0.3, -0.25) is 28.0 Å². The summed E-state index contributed by atoms with van der Waals surface area (Å²) in [5, 5.41) is 22.5. The molecule has 11 N–H and O–H groups in total. The minimum atomic E-state index is -5.26. The summed E-state index contributed by atoms with van der Waals surface area (Å²) in [5.74, 6) is -0.331. The summed E-state index contributed by atoms with van der Waals surface area (Å²) >= 11 is 1.86. The highest BCUT2D eigenvalue weighted by Gasteiger charge is 2.49. The average molecular weight is 962 g/mol. The first-order valence-electron chi connectivity index (χ1n) is 20.2. The minimum Gasteiger partial charge on any atom is -0.463 e. The van der Waals surface area contributed by atoms with Crippen molar-refractivity contribution >= 4 is 57.0 Å². The van der Waals surface area contributed by atoms with Gasteiger partial charge in [0.05, 0.1) is 64.8 Å². The Bertz CT molecular complexity index is 1820. The van der Waals surface area contributed by atoms with Gasteiger partial charge in [0.25, 0.3) is 0 Å². The number of nitrogens with one attached hydrogen (secondary N) is 4. The van der Waals surface area contributed by atoms with E-state index in [4.69, 9.17) is 39.2 Å². The predicted molar refractivity (Wildman–Crippen MR) is 219 cm³/mol. The topological polar surface area (TPSA) is 377 Å². The van der Waals surface area contributed by atoms with Crippen molar-refractivity contribution in [3.05, 3.63) is 22.2 Å². The van der Waals surface area contributed by atoms with Crippen LogP contribution in [0.1, 0.15) is 56.7 Å². The van der Waals surface area contributed by atoms with Gasteiger partial charge in [-0.1, -0.05) is 6.42 Å². The highest BCUT2D eigenvalue weighted by atomic mass is 32.2. The van der Waals surface area contributed by atoms with Crippen LogP contribution in [0.2, 0.25) is 0 Å². The number of thioether (sulfide) groups is 1. The number of anilines is 1. The lowest BCUT2D eigenvalue weighted by molar-refractivity contribution is -0.146. The number of esters is 1. The first-order valence-corrected chi connectivity index (χ1v) is 24.3. The summed E-state index contributed by atoms with van der Waals surface area (Å²) < 4.78 is 59.1. The number of nitrogen functional groups attached to an aromatic ring is 1. The van der Waals surface area contributed by atoms with Crippen molar-refractivity contribution in [2.75, 3.05) is 77.4 Å². The molecule has 0 bridgehead atoms. The van der Waals surface area contributed by atoms with Crippen molar-refractivity contribution in [3.63, 3.8) is 0 Å². The smallest absolute Gasteiger partial charge is 0.463 e. The summed E-state index contributed by atoms with van der Waals surface area (Å²) in [4.78, 5) is 101. The fourth-order valence-corrected chi connectivity index (χ4v) is 9.17. The molecule has 358 valence electrons. The second-order valence-electron chi connectivity index (χ2n) is 14.5. The van der Waals surface area contributed by atoms with Gasteiger partial charge in [0.1, 0.15) is 30.7 Å². The zero-order valence-electron chi connectivity index (χ0n) is 34.3. The standard InChI is InChI=1S/C34H57N7O19P2S/c35-31-21(18-41(34(47)40-31)32-29(45)30(60-62(51,52)53)23(59-32)19-58-61(48,49)50)4-3-9-36-26(43)7-8-27(44)57-17-16-56-15-14-55-13-12-54-11-10-37-25(42)6-2-1-5-24-28-22(20-63-24)38-33(46)39-28/h18,22-24,28-30,32,45H,1-17,19-20H2,(H,36,43)(H,37,42)(H2,35,40,47)(H2,38,39,46)(H2,48,49,50)(H2,51,52,53)/t22-,23+,24-,28-,29-,30?,32+/m0/s1. The van der Waals surface area contributed by atoms with Crippen LogP contribution in [-0.4, -0.2) is 165 Å². The van der Waals surface area contributed by atoms with Gasteiger partial charge in [-0.15, -0.1) is 0 Å². The number of unbranched alkanes of at least 4 members (excludes halogenated alkanes) is 1. The van der Waals surface area contributed by atoms with Crippen molar-refractivity contribution in [1.82, 2.24) is 30.8 Å². The number of fused-ring (bicyclic) bond motifs is 1. The third kappa shape index (κ3) is 19.0. The maximum Gasteiger partial charge on any atom is 0.470 e. The van der Waals surface area contributed by atoms with Gasteiger partial charge in [0.15, 0.2) is 6.23 Å². The second kappa shape index (κ2) is 26.0. The minimum absolute atomic E-state index is 0.0210. The Hall–Kier alpha value is -3.27. The van der Waals surface area contributed by atoms with Crippen LogP contribution in [0.15, 0.2) is 11.0 Å². The molecular formula is C34H57N7O19P2S. The molecule has 63 heavy (non-hydrogen) atoms. The largest absolute Gasteiger partial charge is 0.470 e. The zero-order chi connectivity index (χ0) is 46.0. The van der Waals surface area contributed by atoms with E-state index in [0.717, 1.165) is 29.6 Å². The molecule has 0 aliphatic carbocycles. The number of carbonyl (C=O) groups excluding carboxylic acids is 4. The number of aromatic nitrogens is 2. The van der Waals surface area contributed by atoms with Crippen molar-refractivity contribution in [1.29, 1.82) is 0 Å². The summed E-state index contributed by atoms with van der Waals surface area (Å²) in [6.45, 7) is 1.24. The Kier molecular flexibility index (Phi) is 21.6. The molecule has 3 aliphatic heterocycles. The number of ether oxygens (including phenoxy) is 5. The Labute approximate surface area is 365 Å². The first kappa shape index (κ1) is 52.4. The van der Waals surface area contributed by atoms with Gasteiger partial charge in [0.2, 0.25) is 11.8 Å². The Morgan fingerprint density at radius 3 is 2.25 bits per heavy atom. The third-order valence-electron chi connectivity index (χ3n) is 9.70. The third-order valence-corrected chi connectivity index (χ3v) is 12.2. The Balaban J connectivity index is 0.970. The number of phosphoric acid groups is 2. The molecule has 0 spiro atoms. The normalized spacial score (nSPS) is 23.3. The number of hydrogen-bond acceptors (Lipinski definition) is 18. The number of rotatable bonds is 30. The Morgan fingerprint density at radius 1 is 0.889 bits per heavy atom. The lowest BCUT2D eigenvalue weighted by atomic mass is 10.0. The van der Waals surface area contributed by atoms with E-state index < -0.39 is 64.4 Å². The van der Waals surface area contributed by atoms with Gasteiger partial charge in [0, 0.05) is 48.7 Å². The van der Waals surface area contributed by atoms with Crippen LogP contribution in [-0.2, 0) is 62.7 Å². The predicted octanol–water partition coefficient (Wildman–Crippen LogP) is -2.06. The van der Waals surface area contributed by atoms with Crippen LogP contribution in [0, 0.1) is 0 Å². The van der Waals surface area contributed by atoms with Crippen LogP contribution in [0.4, 0.5) is 10.6 Å². The summed E-state index contributed by atoms with van der Waals surface area (Å²) in [5.41, 5.74) is 5.12. The lowest BCUT2D eigenvalue weighted by Crippen LogP contribution is -2.38. The molecule has 7 atom stereocenters. The quantitative estimate of drug-likeness (QED) is 0.0171. The van der Waals surface area contributed by atoms with E-state index in [1.807, 2.05) is 11.8 Å². The van der Waals surface area contributed by atoms with Crippen LogP contribution in [0.5, 0.6) is 0 Å². The molecule has 26 nitrogen and oxygen atoms in total. The number of carbonyl (C=O) groups is 4. The highest BCUT2D eigenvalue weighted by molar-refractivity contribution is 8.00. The fourth-order valence-electron chi connectivity index (χ4n) is 6.70. The molecule has 1 aromatic rings. The summed E-state index contributed by atoms with van der Waals surface area (Å²) in [6, 6.07) is 0.280. The highest BCUT2D eigenvalue weighted by Crippen LogP contribution is 2.45. The van der Waals surface area contributed by atoms with Gasteiger partial charge >= 0.3 is 33.3 Å². The molecule has 4 amide bonds. The van der Waals surface area contributed by atoms with E-state index >= 15 is 0 Å². The molecule has 3 saturated heterocycles. The maximum atomic E-state index is 12.6. The summed E-state index contributed by atoms with van der Waals surface area (Å²) in [7, 11) is -10.3. The van der Waals surface area contributed by atoms with Gasteiger partial charge in [-0.25, -0.2) is 18.7 Å². The number of nitrogens with two attached hydrogens (primary N) is 1. The van der Waals surface area contributed by atoms with Gasteiger partial charge in [-0.2, -0.15) is 16.7 Å². The van der Waals surface area contributed by atoms with E-state index in [2.05, 4.69) is 35.3 Å². The number of aliphatic hydroxyl groups is 1. The van der Waals surface area contributed by atoms with E-state index in [9.17, 15) is 48.0 Å². The zero-order valence-corrected chi connectivity index (χ0v) is 36.9. The van der Waals surface area contributed by atoms with Crippen molar-refractivity contribution in [2.24, 2.45) is 0 Å². The van der Waals surface area contributed by atoms with E-state index in [1.165, 1.54) is 6.20 Å². The van der Waals surface area contributed by atoms with Gasteiger partial charge in [-0.05, 0) is 25.7 Å². The van der Waals surface area contributed by atoms with Crippen molar-refractivity contribution in [3.8, 4) is 0 Å². The second-order valence-corrected chi connectivity index (χ2v) is 18.2.